The molecule has 0 radical (unpaired) electrons. The fourth-order valence-corrected chi connectivity index (χ4v) is 0.909. The zero-order valence-corrected chi connectivity index (χ0v) is 6.60. The highest BCUT2D eigenvalue weighted by atomic mass is 16.0. The average molecular weight is 142 g/mol. The summed E-state index contributed by atoms with van der Waals surface area (Å²) >= 11 is 0. The molecular formula is C7H14N2O. The maximum Gasteiger partial charge on any atom is 0.0875 e. The summed E-state index contributed by atoms with van der Waals surface area (Å²) in [6, 6.07) is 0. The maximum atomic E-state index is 4.20. The second-order valence-corrected chi connectivity index (χ2v) is 2.88. The highest BCUT2D eigenvalue weighted by molar-refractivity contribution is 5.60. The lowest BCUT2D eigenvalue weighted by Crippen LogP contribution is -2.24. The van der Waals surface area contributed by atoms with Gasteiger partial charge in [0.15, 0.2) is 0 Å². The summed E-state index contributed by atoms with van der Waals surface area (Å²) in [4.78, 5) is 4.20. The molecule has 1 rings (SSSR count). The maximum absolute atomic E-state index is 4.20. The molecule has 10 heavy (non-hydrogen) atoms. The number of aliphatic imine (C=N–C) groups is 1. The summed E-state index contributed by atoms with van der Waals surface area (Å²) in [6.07, 6.45) is 3.85. The Morgan fingerprint density at radius 2 is 2.10 bits per heavy atom. The van der Waals surface area contributed by atoms with Crippen molar-refractivity contribution in [3.63, 3.8) is 0 Å². The standard InChI is InChI=1S/C7H12N2.H2O/c1-6-4-7(2,3)9-5-8-6;/h4-5H,1-3H3,(H,8,9);1H2. The predicted molar refractivity (Wildman–Crippen MR) is 43.1 cm³/mol. The molecule has 0 fully saturated rings. The summed E-state index contributed by atoms with van der Waals surface area (Å²) in [6.45, 7) is 6.19. The van der Waals surface area contributed by atoms with E-state index in [9.17, 15) is 0 Å². The van der Waals surface area contributed by atoms with E-state index in [-0.39, 0.29) is 11.0 Å². The van der Waals surface area contributed by atoms with Gasteiger partial charge in [-0.25, -0.2) is 0 Å². The molecule has 0 saturated carbocycles. The van der Waals surface area contributed by atoms with Gasteiger partial charge in [0.05, 0.1) is 11.9 Å². The van der Waals surface area contributed by atoms with Gasteiger partial charge >= 0.3 is 0 Å². The van der Waals surface area contributed by atoms with Gasteiger partial charge in [0.1, 0.15) is 0 Å². The number of nitrogens with one attached hydrogen (secondary N) is 1. The molecule has 0 aliphatic carbocycles. The molecule has 0 aromatic rings. The Hall–Kier alpha value is -0.830. The van der Waals surface area contributed by atoms with E-state index in [4.69, 9.17) is 0 Å². The van der Waals surface area contributed by atoms with E-state index in [0.29, 0.717) is 0 Å². The van der Waals surface area contributed by atoms with Gasteiger partial charge in [-0.2, -0.15) is 0 Å². The predicted octanol–water partition coefficient (Wildman–Crippen LogP) is 0.476. The van der Waals surface area contributed by atoms with Crippen molar-refractivity contribution in [2.75, 3.05) is 0 Å². The lowest BCUT2D eigenvalue weighted by Gasteiger charge is -2.19. The molecule has 0 bridgehead atoms. The van der Waals surface area contributed by atoms with Gasteiger partial charge in [-0.05, 0) is 26.8 Å². The van der Waals surface area contributed by atoms with Crippen molar-refractivity contribution in [3.05, 3.63) is 11.8 Å². The Morgan fingerprint density at radius 1 is 1.50 bits per heavy atom. The van der Waals surface area contributed by atoms with Crippen molar-refractivity contribution in [2.45, 2.75) is 26.3 Å². The Kier molecular flexibility index (Phi) is 2.60. The number of allylic oxidation sites excluding steroid dienone is 1. The molecule has 0 atom stereocenters. The number of rotatable bonds is 0. The molecular weight excluding hydrogens is 128 g/mol. The van der Waals surface area contributed by atoms with Crippen LogP contribution in [0.5, 0.6) is 0 Å². The van der Waals surface area contributed by atoms with Gasteiger partial charge in [-0.15, -0.1) is 0 Å². The Balaban J connectivity index is 0.000000810. The molecule has 0 spiro atoms. The molecule has 1 aliphatic rings. The van der Waals surface area contributed by atoms with Crippen molar-refractivity contribution < 1.29 is 5.48 Å². The van der Waals surface area contributed by atoms with Crippen LogP contribution in [-0.4, -0.2) is 17.4 Å². The SMILES string of the molecule is CC1=CC(C)(C)N=CN1.O. The lowest BCUT2D eigenvalue weighted by atomic mass is 10.0. The second kappa shape index (κ2) is 2.84. The molecule has 1 heterocycles. The van der Waals surface area contributed by atoms with Crippen LogP contribution in [0.3, 0.4) is 0 Å². The van der Waals surface area contributed by atoms with Crippen LogP contribution in [-0.2, 0) is 0 Å². The second-order valence-electron chi connectivity index (χ2n) is 2.88. The van der Waals surface area contributed by atoms with Crippen LogP contribution >= 0.6 is 0 Å². The molecule has 3 heteroatoms. The van der Waals surface area contributed by atoms with Gasteiger partial charge < -0.3 is 10.8 Å². The van der Waals surface area contributed by atoms with Crippen molar-refractivity contribution in [3.8, 4) is 0 Å². The lowest BCUT2D eigenvalue weighted by molar-refractivity contribution is 0.637. The van der Waals surface area contributed by atoms with Crippen molar-refractivity contribution >= 4 is 6.34 Å². The van der Waals surface area contributed by atoms with Gasteiger partial charge in [0, 0.05) is 5.70 Å². The molecule has 0 saturated heterocycles. The zero-order chi connectivity index (χ0) is 6.91. The minimum Gasteiger partial charge on any atom is -0.412 e. The molecule has 3 nitrogen and oxygen atoms in total. The van der Waals surface area contributed by atoms with E-state index >= 15 is 0 Å². The Bertz CT molecular complexity index is 170. The van der Waals surface area contributed by atoms with Crippen molar-refractivity contribution in [1.82, 2.24) is 5.32 Å². The summed E-state index contributed by atoms with van der Waals surface area (Å²) in [5.41, 5.74) is 1.17. The molecule has 58 valence electrons. The first kappa shape index (κ1) is 9.17. The summed E-state index contributed by atoms with van der Waals surface area (Å²) in [7, 11) is 0. The monoisotopic (exact) mass is 142 g/mol. The van der Waals surface area contributed by atoms with E-state index < -0.39 is 0 Å². The third-order valence-electron chi connectivity index (χ3n) is 1.26. The zero-order valence-electron chi connectivity index (χ0n) is 6.60. The molecule has 1 aliphatic heterocycles. The largest absolute Gasteiger partial charge is 0.412 e. The van der Waals surface area contributed by atoms with Gasteiger partial charge in [0.25, 0.3) is 0 Å². The smallest absolute Gasteiger partial charge is 0.0875 e. The first-order valence-corrected chi connectivity index (χ1v) is 3.10. The molecule has 0 unspecified atom stereocenters. The quantitative estimate of drug-likeness (QED) is 0.525. The average Bonchev–Trinajstić information content (AvgIpc) is 1.60. The summed E-state index contributed by atoms with van der Waals surface area (Å²) in [5, 5.41) is 3.01. The van der Waals surface area contributed by atoms with Crippen LogP contribution < -0.4 is 5.32 Å². The summed E-state index contributed by atoms with van der Waals surface area (Å²) < 4.78 is 0. The van der Waals surface area contributed by atoms with Crippen molar-refractivity contribution in [2.24, 2.45) is 4.99 Å². The fourth-order valence-electron chi connectivity index (χ4n) is 0.909. The third-order valence-corrected chi connectivity index (χ3v) is 1.26. The van der Waals surface area contributed by atoms with Crippen LogP contribution in [0, 0.1) is 0 Å². The minimum atomic E-state index is -0.00463. The fraction of sp³-hybridized carbons (Fsp3) is 0.571. The molecule has 3 N–H and O–H groups in total. The van der Waals surface area contributed by atoms with Crippen molar-refractivity contribution in [1.29, 1.82) is 0 Å². The number of nitrogens with zero attached hydrogens (tertiary/aromatic N) is 1. The van der Waals surface area contributed by atoms with Gasteiger partial charge in [0.2, 0.25) is 0 Å². The first-order chi connectivity index (χ1) is 4.10. The number of hydrogen-bond donors (Lipinski definition) is 1. The number of hydrogen-bond acceptors (Lipinski definition) is 2. The van der Waals surface area contributed by atoms with E-state index in [0.717, 1.165) is 0 Å². The van der Waals surface area contributed by atoms with Crippen LogP contribution in [0.25, 0.3) is 0 Å². The van der Waals surface area contributed by atoms with Gasteiger partial charge in [-0.3, -0.25) is 4.99 Å². The Morgan fingerprint density at radius 3 is 2.40 bits per heavy atom. The minimum absolute atomic E-state index is 0. The third kappa shape index (κ3) is 2.19. The van der Waals surface area contributed by atoms with Crippen LogP contribution in [0.2, 0.25) is 0 Å². The van der Waals surface area contributed by atoms with E-state index in [2.05, 4.69) is 30.2 Å². The van der Waals surface area contributed by atoms with E-state index in [1.807, 2.05) is 6.92 Å². The molecule has 0 aromatic carbocycles. The summed E-state index contributed by atoms with van der Waals surface area (Å²) in [5.74, 6) is 0. The highest BCUT2D eigenvalue weighted by Crippen LogP contribution is 2.13. The Labute approximate surface area is 61.2 Å². The van der Waals surface area contributed by atoms with E-state index in [1.54, 1.807) is 6.34 Å². The van der Waals surface area contributed by atoms with Crippen LogP contribution in [0.1, 0.15) is 20.8 Å². The molecule has 0 aromatic heterocycles. The normalized spacial score (nSPS) is 20.5. The molecule has 0 amide bonds. The van der Waals surface area contributed by atoms with E-state index in [1.165, 1.54) is 5.70 Å². The van der Waals surface area contributed by atoms with Gasteiger partial charge in [-0.1, -0.05) is 0 Å². The van der Waals surface area contributed by atoms with Crippen LogP contribution in [0.15, 0.2) is 16.8 Å². The van der Waals surface area contributed by atoms with Crippen LogP contribution in [0.4, 0.5) is 0 Å². The highest BCUT2D eigenvalue weighted by Gasteiger charge is 2.13. The topological polar surface area (TPSA) is 55.9 Å². The first-order valence-electron chi connectivity index (χ1n) is 3.10.